The zero-order valence-electron chi connectivity index (χ0n) is 12.8. The van der Waals surface area contributed by atoms with Gasteiger partial charge in [0.05, 0.1) is 7.14 Å². The number of aryl methyl sites for hydroxylation is 2. The minimum absolute atomic E-state index is 0.716. The van der Waals surface area contributed by atoms with E-state index in [4.69, 9.17) is 4.98 Å². The third-order valence-electron chi connectivity index (χ3n) is 4.53. The first-order valence-corrected chi connectivity index (χ1v) is 10.9. The molecule has 3 heterocycles. The third kappa shape index (κ3) is 2.33. The number of benzene rings is 1. The topological polar surface area (TPSA) is 30.0 Å². The van der Waals surface area contributed by atoms with E-state index in [0.717, 1.165) is 17.4 Å². The van der Waals surface area contributed by atoms with E-state index in [9.17, 15) is 4.57 Å². The van der Waals surface area contributed by atoms with Crippen LogP contribution in [0.25, 0.3) is 20.7 Å². The molecule has 1 unspecified atom stereocenters. The number of aromatic nitrogens is 1. The Labute approximate surface area is 134 Å². The summed E-state index contributed by atoms with van der Waals surface area (Å²) < 4.78 is 12.5. The van der Waals surface area contributed by atoms with E-state index in [1.807, 2.05) is 12.7 Å². The van der Waals surface area contributed by atoms with Crippen LogP contribution in [0.3, 0.4) is 0 Å². The zero-order valence-corrected chi connectivity index (χ0v) is 14.5. The van der Waals surface area contributed by atoms with Crippen molar-refractivity contribution in [2.45, 2.75) is 19.5 Å². The summed E-state index contributed by atoms with van der Waals surface area (Å²) in [7, 11) is -2.01. The highest BCUT2D eigenvalue weighted by Crippen LogP contribution is 2.51. The third-order valence-corrected chi connectivity index (χ3v) is 7.76. The molecule has 0 saturated carbocycles. The van der Waals surface area contributed by atoms with E-state index < -0.39 is 7.14 Å². The predicted molar refractivity (Wildman–Crippen MR) is 95.6 cm³/mol. The standard InChI is InChI=1S/C18H18NOPS/c1-12-14-10-17(13-6-4-3-5-7-13)22-18(14)19-16-8-9-21(2,20)11-15(12)16/h3-7,10H,8-9,11H2,1-2H3. The summed E-state index contributed by atoms with van der Waals surface area (Å²) in [5.74, 6) is 0. The van der Waals surface area contributed by atoms with Gasteiger partial charge in [-0.3, -0.25) is 0 Å². The lowest BCUT2D eigenvalue weighted by Gasteiger charge is -2.23. The van der Waals surface area contributed by atoms with Crippen LogP contribution in [0.1, 0.15) is 16.8 Å². The van der Waals surface area contributed by atoms with E-state index in [0.29, 0.717) is 6.16 Å². The first-order chi connectivity index (χ1) is 10.5. The highest BCUT2D eigenvalue weighted by Gasteiger charge is 2.27. The number of fused-ring (bicyclic) bond motifs is 2. The molecular formula is C18H18NOPS. The van der Waals surface area contributed by atoms with Gasteiger partial charge >= 0.3 is 0 Å². The van der Waals surface area contributed by atoms with E-state index >= 15 is 0 Å². The van der Waals surface area contributed by atoms with Gasteiger partial charge in [-0.1, -0.05) is 30.3 Å². The molecule has 1 aliphatic rings. The molecule has 2 aromatic heterocycles. The molecule has 0 N–H and O–H groups in total. The molecule has 0 aliphatic carbocycles. The highest BCUT2D eigenvalue weighted by atomic mass is 32.1. The van der Waals surface area contributed by atoms with Gasteiger partial charge in [0, 0.05) is 28.3 Å². The molecule has 1 aliphatic heterocycles. The van der Waals surface area contributed by atoms with Crippen molar-refractivity contribution >= 4 is 28.7 Å². The average molecular weight is 327 g/mol. The molecule has 0 saturated heterocycles. The number of hydrogen-bond acceptors (Lipinski definition) is 3. The Morgan fingerprint density at radius 2 is 2.00 bits per heavy atom. The van der Waals surface area contributed by atoms with Crippen molar-refractivity contribution in [3.63, 3.8) is 0 Å². The van der Waals surface area contributed by atoms with Gasteiger partial charge in [0.25, 0.3) is 0 Å². The summed E-state index contributed by atoms with van der Waals surface area (Å²) >= 11 is 1.76. The van der Waals surface area contributed by atoms with Crippen LogP contribution < -0.4 is 0 Å². The lowest BCUT2D eigenvalue weighted by atomic mass is 10.0. The van der Waals surface area contributed by atoms with E-state index in [1.165, 1.54) is 32.6 Å². The SMILES string of the molecule is Cc1c2c(nc3sc(-c4ccccc4)cc13)CCP(C)(=O)C2. The quantitative estimate of drug-likeness (QED) is 0.566. The Morgan fingerprint density at radius 3 is 2.77 bits per heavy atom. The van der Waals surface area contributed by atoms with Gasteiger partial charge in [-0.25, -0.2) is 4.98 Å². The van der Waals surface area contributed by atoms with Crippen molar-refractivity contribution in [2.75, 3.05) is 12.8 Å². The molecule has 0 fully saturated rings. The van der Waals surface area contributed by atoms with Crippen LogP contribution in [-0.2, 0) is 17.1 Å². The monoisotopic (exact) mass is 327 g/mol. The summed E-state index contributed by atoms with van der Waals surface area (Å²) in [6, 6.07) is 12.7. The maximum absolute atomic E-state index is 12.5. The molecule has 0 bridgehead atoms. The molecule has 2 nitrogen and oxygen atoms in total. The summed E-state index contributed by atoms with van der Waals surface area (Å²) in [5, 5.41) is 1.23. The first kappa shape index (κ1) is 14.2. The van der Waals surface area contributed by atoms with Gasteiger partial charge in [-0.05, 0) is 42.8 Å². The maximum Gasteiger partial charge on any atom is 0.124 e. The molecule has 0 amide bonds. The normalized spacial score (nSPS) is 21.0. The Bertz CT molecular complexity index is 914. The van der Waals surface area contributed by atoms with E-state index in [1.54, 1.807) is 11.3 Å². The highest BCUT2D eigenvalue weighted by molar-refractivity contribution is 7.62. The fourth-order valence-electron chi connectivity index (χ4n) is 3.22. The van der Waals surface area contributed by atoms with Crippen LogP contribution in [0.5, 0.6) is 0 Å². The Morgan fingerprint density at radius 1 is 1.23 bits per heavy atom. The Kier molecular flexibility index (Phi) is 3.25. The molecule has 3 aromatic rings. The van der Waals surface area contributed by atoms with Crippen LogP contribution in [0.4, 0.5) is 0 Å². The minimum Gasteiger partial charge on any atom is -0.323 e. The second kappa shape index (κ2) is 5.04. The fraction of sp³-hybridized carbons (Fsp3) is 0.278. The van der Waals surface area contributed by atoms with Gasteiger partial charge < -0.3 is 4.57 Å². The lowest BCUT2D eigenvalue weighted by molar-refractivity contribution is 0.574. The van der Waals surface area contributed by atoms with Crippen LogP contribution in [0.15, 0.2) is 36.4 Å². The molecule has 1 aromatic carbocycles. The Balaban J connectivity index is 1.91. The molecule has 0 radical (unpaired) electrons. The molecule has 4 rings (SSSR count). The maximum atomic E-state index is 12.5. The Hall–Kier alpha value is -1.44. The second-order valence-electron chi connectivity index (χ2n) is 6.29. The number of nitrogens with zero attached hydrogens (tertiary/aromatic N) is 1. The van der Waals surface area contributed by atoms with Gasteiger partial charge in [-0.15, -0.1) is 11.3 Å². The second-order valence-corrected chi connectivity index (χ2v) is 10.7. The molecule has 112 valence electrons. The van der Waals surface area contributed by atoms with Crippen molar-refractivity contribution in [3.05, 3.63) is 53.2 Å². The number of pyridine rings is 1. The van der Waals surface area contributed by atoms with Crippen molar-refractivity contribution in [2.24, 2.45) is 0 Å². The zero-order chi connectivity index (χ0) is 15.3. The molecule has 22 heavy (non-hydrogen) atoms. The summed E-state index contributed by atoms with van der Waals surface area (Å²) in [6.07, 6.45) is 2.38. The predicted octanol–water partition coefficient (Wildman–Crippen LogP) is 5.32. The smallest absolute Gasteiger partial charge is 0.124 e. The minimum atomic E-state index is -2.01. The van der Waals surface area contributed by atoms with E-state index in [-0.39, 0.29) is 0 Å². The molecular weight excluding hydrogens is 309 g/mol. The van der Waals surface area contributed by atoms with Gasteiger partial charge in [0.2, 0.25) is 0 Å². The number of rotatable bonds is 1. The summed E-state index contributed by atoms with van der Waals surface area (Å²) in [6.45, 7) is 4.10. The van der Waals surface area contributed by atoms with E-state index in [2.05, 4.69) is 37.3 Å². The number of thiophene rings is 1. The fourth-order valence-corrected chi connectivity index (χ4v) is 6.27. The van der Waals surface area contributed by atoms with Crippen LogP contribution in [-0.4, -0.2) is 17.8 Å². The average Bonchev–Trinajstić information content (AvgIpc) is 2.93. The summed E-state index contributed by atoms with van der Waals surface area (Å²) in [4.78, 5) is 7.26. The van der Waals surface area contributed by atoms with Crippen LogP contribution in [0, 0.1) is 6.92 Å². The van der Waals surface area contributed by atoms with Crippen molar-refractivity contribution < 1.29 is 4.57 Å². The van der Waals surface area contributed by atoms with Crippen molar-refractivity contribution in [1.82, 2.24) is 4.98 Å². The van der Waals surface area contributed by atoms with Gasteiger partial charge in [-0.2, -0.15) is 0 Å². The molecule has 4 heteroatoms. The van der Waals surface area contributed by atoms with Gasteiger partial charge in [0.15, 0.2) is 0 Å². The van der Waals surface area contributed by atoms with Crippen molar-refractivity contribution in [1.29, 1.82) is 0 Å². The molecule has 1 atom stereocenters. The van der Waals surface area contributed by atoms with Crippen molar-refractivity contribution in [3.8, 4) is 10.4 Å². The number of hydrogen-bond donors (Lipinski definition) is 0. The molecule has 0 spiro atoms. The summed E-state index contributed by atoms with van der Waals surface area (Å²) in [5.41, 5.74) is 4.92. The largest absolute Gasteiger partial charge is 0.323 e. The van der Waals surface area contributed by atoms with Crippen LogP contribution >= 0.6 is 18.5 Å². The first-order valence-electron chi connectivity index (χ1n) is 7.56. The lowest BCUT2D eigenvalue weighted by Crippen LogP contribution is -2.11. The van der Waals surface area contributed by atoms with Crippen LogP contribution in [0.2, 0.25) is 0 Å². The van der Waals surface area contributed by atoms with Gasteiger partial charge in [0.1, 0.15) is 4.83 Å².